The van der Waals surface area contributed by atoms with Crippen molar-refractivity contribution in [1.29, 1.82) is 0 Å². The van der Waals surface area contributed by atoms with Crippen LogP contribution in [0.5, 0.6) is 0 Å². The van der Waals surface area contributed by atoms with Gasteiger partial charge >= 0.3 is 6.03 Å². The number of para-hydroxylation sites is 1. The van der Waals surface area contributed by atoms with Crippen molar-refractivity contribution in [2.45, 2.75) is 66.7 Å². The van der Waals surface area contributed by atoms with E-state index in [0.717, 1.165) is 42.5 Å². The van der Waals surface area contributed by atoms with Gasteiger partial charge in [0.15, 0.2) is 0 Å². The van der Waals surface area contributed by atoms with Crippen LogP contribution < -0.4 is 10.2 Å². The number of aromatic nitrogens is 2. The van der Waals surface area contributed by atoms with E-state index < -0.39 is 0 Å². The van der Waals surface area contributed by atoms with E-state index in [2.05, 4.69) is 99.2 Å². The lowest BCUT2D eigenvalue weighted by atomic mass is 9.93. The Labute approximate surface area is 222 Å². The molecule has 6 nitrogen and oxygen atoms in total. The third kappa shape index (κ3) is 6.12. The molecule has 1 aliphatic rings. The molecule has 0 bridgehead atoms. The van der Waals surface area contributed by atoms with E-state index in [1.807, 2.05) is 11.8 Å². The van der Waals surface area contributed by atoms with Crippen molar-refractivity contribution in [1.82, 2.24) is 14.9 Å². The van der Waals surface area contributed by atoms with Gasteiger partial charge in [0, 0.05) is 49.5 Å². The molecule has 6 heteroatoms. The molecule has 0 unspecified atom stereocenters. The van der Waals surface area contributed by atoms with E-state index >= 15 is 0 Å². The Morgan fingerprint density at radius 1 is 0.865 bits per heavy atom. The highest BCUT2D eigenvalue weighted by Crippen LogP contribution is 2.33. The Bertz CT molecular complexity index is 1210. The van der Waals surface area contributed by atoms with E-state index in [0.29, 0.717) is 24.9 Å². The van der Waals surface area contributed by atoms with Crippen LogP contribution in [0.1, 0.15) is 78.9 Å². The lowest BCUT2D eigenvalue weighted by Gasteiger charge is -2.37. The first-order valence-electron chi connectivity index (χ1n) is 13.5. The zero-order valence-electron chi connectivity index (χ0n) is 23.4. The normalized spacial score (nSPS) is 14.0. The van der Waals surface area contributed by atoms with Crippen molar-refractivity contribution in [3.8, 4) is 0 Å². The van der Waals surface area contributed by atoms with Crippen LogP contribution in [0.4, 0.5) is 16.3 Å². The zero-order chi connectivity index (χ0) is 26.7. The Balaban J connectivity index is 1.50. The van der Waals surface area contributed by atoms with E-state index in [1.54, 1.807) is 0 Å². The van der Waals surface area contributed by atoms with Gasteiger partial charge in [0.05, 0.1) is 0 Å². The molecular formula is C31H41N5O. The number of aryl methyl sites for hydroxylation is 3. The Morgan fingerprint density at radius 3 is 2.03 bits per heavy atom. The fourth-order valence-electron chi connectivity index (χ4n) is 5.10. The summed E-state index contributed by atoms with van der Waals surface area (Å²) >= 11 is 0. The van der Waals surface area contributed by atoms with E-state index in [4.69, 9.17) is 4.98 Å². The van der Waals surface area contributed by atoms with E-state index in [1.165, 1.54) is 27.8 Å². The van der Waals surface area contributed by atoms with Crippen LogP contribution in [0.25, 0.3) is 0 Å². The molecule has 2 heterocycles. The molecule has 1 fully saturated rings. The second-order valence-corrected chi connectivity index (χ2v) is 10.8. The monoisotopic (exact) mass is 499 g/mol. The van der Waals surface area contributed by atoms with Crippen LogP contribution in [0, 0.1) is 20.8 Å². The van der Waals surface area contributed by atoms with Gasteiger partial charge in [-0.2, -0.15) is 0 Å². The molecule has 4 rings (SSSR count). The largest absolute Gasteiger partial charge is 0.353 e. The lowest BCUT2D eigenvalue weighted by Crippen LogP contribution is -2.50. The second kappa shape index (κ2) is 11.3. The molecule has 2 aromatic carbocycles. The van der Waals surface area contributed by atoms with E-state index in [-0.39, 0.29) is 6.03 Å². The minimum absolute atomic E-state index is 0.0235. The third-order valence-corrected chi connectivity index (χ3v) is 7.28. The molecule has 0 saturated carbocycles. The van der Waals surface area contributed by atoms with Gasteiger partial charge in [0.2, 0.25) is 0 Å². The van der Waals surface area contributed by atoms with Crippen LogP contribution in [0.2, 0.25) is 0 Å². The topological polar surface area (TPSA) is 61.4 Å². The summed E-state index contributed by atoms with van der Waals surface area (Å²) < 4.78 is 0. The Morgan fingerprint density at radius 2 is 1.46 bits per heavy atom. The van der Waals surface area contributed by atoms with Gasteiger partial charge in [0.1, 0.15) is 11.6 Å². The number of nitrogens with one attached hydrogen (secondary N) is 1. The molecule has 0 atom stereocenters. The van der Waals surface area contributed by atoms with Crippen molar-refractivity contribution in [2.24, 2.45) is 0 Å². The molecule has 0 aliphatic carbocycles. The highest BCUT2D eigenvalue weighted by atomic mass is 16.2. The average Bonchev–Trinajstić information content (AvgIpc) is 2.86. The van der Waals surface area contributed by atoms with Crippen molar-refractivity contribution >= 4 is 17.5 Å². The molecule has 2 amide bonds. The fraction of sp³-hybridized carbons (Fsp3) is 0.452. The van der Waals surface area contributed by atoms with Crippen LogP contribution >= 0.6 is 0 Å². The molecule has 37 heavy (non-hydrogen) atoms. The molecule has 0 spiro atoms. The van der Waals surface area contributed by atoms with Crippen molar-refractivity contribution in [3.63, 3.8) is 0 Å². The molecule has 196 valence electrons. The highest BCUT2D eigenvalue weighted by Gasteiger charge is 2.26. The number of hydrogen-bond acceptors (Lipinski definition) is 4. The highest BCUT2D eigenvalue weighted by molar-refractivity contribution is 5.91. The van der Waals surface area contributed by atoms with E-state index in [9.17, 15) is 4.79 Å². The number of amides is 2. The molecule has 1 saturated heterocycles. The minimum atomic E-state index is -0.0235. The van der Waals surface area contributed by atoms with Crippen molar-refractivity contribution < 1.29 is 4.79 Å². The van der Waals surface area contributed by atoms with Crippen LogP contribution in [-0.4, -0.2) is 47.1 Å². The van der Waals surface area contributed by atoms with Crippen molar-refractivity contribution in [2.75, 3.05) is 36.4 Å². The van der Waals surface area contributed by atoms with Gasteiger partial charge in [-0.25, -0.2) is 14.8 Å². The second-order valence-electron chi connectivity index (χ2n) is 10.8. The Kier molecular flexibility index (Phi) is 8.16. The maximum atomic E-state index is 13.4. The maximum Gasteiger partial charge on any atom is 0.321 e. The summed E-state index contributed by atoms with van der Waals surface area (Å²) in [6.45, 7) is 17.6. The summed E-state index contributed by atoms with van der Waals surface area (Å²) in [5.41, 5.74) is 8.05. The Hall–Kier alpha value is -3.41. The quantitative estimate of drug-likeness (QED) is 0.415. The smallest absolute Gasteiger partial charge is 0.321 e. The number of piperazine rings is 1. The first kappa shape index (κ1) is 26.6. The lowest BCUT2D eigenvalue weighted by molar-refractivity contribution is 0.208. The van der Waals surface area contributed by atoms with Crippen LogP contribution in [0.3, 0.4) is 0 Å². The number of urea groups is 1. The fourth-order valence-corrected chi connectivity index (χ4v) is 5.10. The number of nitrogens with zero attached hydrogens (tertiary/aromatic N) is 4. The molecule has 3 aromatic rings. The predicted octanol–water partition coefficient (Wildman–Crippen LogP) is 6.59. The van der Waals surface area contributed by atoms with Gasteiger partial charge in [-0.15, -0.1) is 0 Å². The molecule has 1 aliphatic heterocycles. The predicted molar refractivity (Wildman–Crippen MR) is 153 cm³/mol. The standard InChI is InChI=1S/C31H41N5O/c1-20(2)26-9-8-10-27(21(3)4)29(26)34-31(37)36-17-15-35(16-18-36)30-28(23(6)32-24(7)33-30)19-25-13-11-22(5)12-14-25/h8-14,20-21H,15-19H2,1-7H3,(H,34,37). The summed E-state index contributed by atoms with van der Waals surface area (Å²) in [6.07, 6.45) is 0.798. The first-order valence-corrected chi connectivity index (χ1v) is 13.5. The van der Waals surface area contributed by atoms with Gasteiger partial charge < -0.3 is 15.1 Å². The van der Waals surface area contributed by atoms with Crippen molar-refractivity contribution in [3.05, 3.63) is 81.8 Å². The van der Waals surface area contributed by atoms with Gasteiger partial charge in [-0.1, -0.05) is 75.7 Å². The first-order chi connectivity index (χ1) is 17.6. The number of carbonyl (C=O) groups is 1. The average molecular weight is 500 g/mol. The molecular weight excluding hydrogens is 458 g/mol. The summed E-state index contributed by atoms with van der Waals surface area (Å²) in [5.74, 6) is 2.45. The summed E-state index contributed by atoms with van der Waals surface area (Å²) in [5, 5.41) is 3.28. The SMILES string of the molecule is Cc1ccc(Cc2c(C)nc(C)nc2N2CCN(C(=O)Nc3c(C(C)C)cccc3C(C)C)CC2)cc1. The van der Waals surface area contributed by atoms with Gasteiger partial charge in [0.25, 0.3) is 0 Å². The number of rotatable bonds is 6. The number of carbonyl (C=O) groups excluding carboxylic acids is 1. The maximum absolute atomic E-state index is 13.4. The summed E-state index contributed by atoms with van der Waals surface area (Å²) in [4.78, 5) is 27.2. The third-order valence-electron chi connectivity index (χ3n) is 7.28. The molecule has 0 radical (unpaired) electrons. The summed E-state index contributed by atoms with van der Waals surface area (Å²) in [6, 6.07) is 15.0. The number of benzene rings is 2. The van der Waals surface area contributed by atoms with Gasteiger partial charge in [-0.3, -0.25) is 0 Å². The van der Waals surface area contributed by atoms with Gasteiger partial charge in [-0.05, 0) is 49.3 Å². The molecule has 1 N–H and O–H groups in total. The van der Waals surface area contributed by atoms with Crippen LogP contribution in [0.15, 0.2) is 42.5 Å². The summed E-state index contributed by atoms with van der Waals surface area (Å²) in [7, 11) is 0. The molecule has 1 aromatic heterocycles. The minimum Gasteiger partial charge on any atom is -0.353 e. The number of anilines is 2. The zero-order valence-corrected chi connectivity index (χ0v) is 23.4. The number of hydrogen-bond donors (Lipinski definition) is 1. The van der Waals surface area contributed by atoms with Crippen LogP contribution in [-0.2, 0) is 6.42 Å².